The average Bonchev–Trinajstić information content (AvgIpc) is 2.55. The molecule has 2 aliphatic heterocycles. The van der Waals surface area contributed by atoms with Gasteiger partial charge in [-0.25, -0.2) is 0 Å². The third-order valence-corrected chi connectivity index (χ3v) is 5.03. The van der Waals surface area contributed by atoms with Crippen LogP contribution >= 0.6 is 11.6 Å². The van der Waals surface area contributed by atoms with Crippen LogP contribution in [0, 0.1) is 0 Å². The fourth-order valence-corrected chi connectivity index (χ4v) is 3.84. The van der Waals surface area contributed by atoms with Crippen molar-refractivity contribution < 1.29 is 0 Å². The number of benzene rings is 2. The van der Waals surface area contributed by atoms with E-state index in [0.717, 1.165) is 31.2 Å². The fourth-order valence-electron chi connectivity index (χ4n) is 3.72. The maximum Gasteiger partial charge on any atom is 0.0476 e. The molecule has 108 valence electrons. The summed E-state index contributed by atoms with van der Waals surface area (Å²) >= 11 is 6.04. The lowest BCUT2D eigenvalue weighted by atomic mass is 9.81. The van der Waals surface area contributed by atoms with Gasteiger partial charge >= 0.3 is 0 Å². The minimum atomic E-state index is 0.452. The van der Waals surface area contributed by atoms with E-state index in [2.05, 4.69) is 46.6 Å². The van der Waals surface area contributed by atoms with E-state index in [1.54, 1.807) is 0 Å². The van der Waals surface area contributed by atoms with Crippen LogP contribution < -0.4 is 5.32 Å². The summed E-state index contributed by atoms with van der Waals surface area (Å²) in [5.74, 6) is 0.452. The first-order valence-electron chi connectivity index (χ1n) is 7.62. The van der Waals surface area contributed by atoms with Crippen LogP contribution in [0.4, 0.5) is 0 Å². The molecule has 1 saturated heterocycles. The molecule has 0 radical (unpaired) electrons. The minimum Gasteiger partial charge on any atom is -0.314 e. The number of piperazine rings is 1. The lowest BCUT2D eigenvalue weighted by Crippen LogP contribution is -2.50. The quantitative estimate of drug-likeness (QED) is 0.868. The molecule has 2 aromatic carbocycles. The van der Waals surface area contributed by atoms with Crippen molar-refractivity contribution in [3.63, 3.8) is 0 Å². The van der Waals surface area contributed by atoms with Crippen molar-refractivity contribution in [2.75, 3.05) is 26.2 Å². The molecule has 0 amide bonds. The molecular weight excluding hydrogens is 280 g/mol. The summed E-state index contributed by atoms with van der Waals surface area (Å²) in [6.07, 6.45) is 0. The molecule has 4 rings (SSSR count). The third kappa shape index (κ3) is 2.38. The molecule has 1 N–H and O–H groups in total. The van der Waals surface area contributed by atoms with Crippen LogP contribution in [0.3, 0.4) is 0 Å². The summed E-state index contributed by atoms with van der Waals surface area (Å²) in [5.41, 5.74) is 4.32. The zero-order chi connectivity index (χ0) is 14.2. The Balaban J connectivity index is 1.79. The molecule has 0 saturated carbocycles. The molecule has 1 fully saturated rings. The average molecular weight is 299 g/mol. The Hall–Kier alpha value is -1.35. The van der Waals surface area contributed by atoms with Crippen LogP contribution in [0.5, 0.6) is 0 Å². The van der Waals surface area contributed by atoms with E-state index >= 15 is 0 Å². The van der Waals surface area contributed by atoms with Gasteiger partial charge in [-0.15, -0.1) is 0 Å². The first kappa shape index (κ1) is 13.3. The lowest BCUT2D eigenvalue weighted by molar-refractivity contribution is 0.143. The van der Waals surface area contributed by atoms with E-state index < -0.39 is 0 Å². The molecule has 2 heterocycles. The maximum atomic E-state index is 6.04. The number of hydrogen-bond donors (Lipinski definition) is 1. The van der Waals surface area contributed by atoms with Crippen molar-refractivity contribution in [3.8, 4) is 0 Å². The number of hydrogen-bond acceptors (Lipinski definition) is 2. The van der Waals surface area contributed by atoms with Gasteiger partial charge in [-0.3, -0.25) is 4.90 Å². The first-order valence-corrected chi connectivity index (χ1v) is 8.00. The molecule has 0 spiro atoms. The van der Waals surface area contributed by atoms with Crippen LogP contribution in [0.1, 0.15) is 28.7 Å². The van der Waals surface area contributed by atoms with Crippen LogP contribution in [-0.2, 0) is 0 Å². The van der Waals surface area contributed by atoms with E-state index in [1.807, 2.05) is 12.1 Å². The smallest absolute Gasteiger partial charge is 0.0476 e. The van der Waals surface area contributed by atoms with E-state index in [1.165, 1.54) is 16.7 Å². The number of halogens is 1. The predicted molar refractivity (Wildman–Crippen MR) is 86.9 cm³/mol. The normalized spacial score (nSPS) is 25.2. The molecule has 0 aromatic heterocycles. The highest BCUT2D eigenvalue weighted by Crippen LogP contribution is 2.39. The molecule has 0 unspecified atom stereocenters. The highest BCUT2D eigenvalue weighted by molar-refractivity contribution is 6.30. The highest BCUT2D eigenvalue weighted by atomic mass is 35.5. The SMILES string of the molecule is Clc1ccc([C@H]2CN3CCNC[C@@H]3c3ccccc32)cc1. The van der Waals surface area contributed by atoms with Crippen LogP contribution in [0.2, 0.25) is 5.02 Å². The van der Waals surface area contributed by atoms with Crippen LogP contribution in [0.15, 0.2) is 48.5 Å². The molecule has 3 heteroatoms. The van der Waals surface area contributed by atoms with Gasteiger partial charge in [0.25, 0.3) is 0 Å². The predicted octanol–water partition coefficient (Wildman–Crippen LogP) is 3.43. The van der Waals surface area contributed by atoms with Gasteiger partial charge in [-0.2, -0.15) is 0 Å². The van der Waals surface area contributed by atoms with Crippen LogP contribution in [0.25, 0.3) is 0 Å². The van der Waals surface area contributed by atoms with Crippen molar-refractivity contribution in [3.05, 3.63) is 70.2 Å². The standard InChI is InChI=1S/C18H19ClN2/c19-14-7-5-13(6-8-14)17-12-21-10-9-20-11-18(21)16-4-2-1-3-15(16)17/h1-8,17-18,20H,9-12H2/t17-,18-/m1/s1. The van der Waals surface area contributed by atoms with Crippen molar-refractivity contribution in [2.24, 2.45) is 0 Å². The summed E-state index contributed by atoms with van der Waals surface area (Å²) in [5, 5.41) is 4.34. The third-order valence-electron chi connectivity index (χ3n) is 4.77. The van der Waals surface area contributed by atoms with Gasteiger partial charge in [0, 0.05) is 43.2 Å². The summed E-state index contributed by atoms with van der Waals surface area (Å²) in [6, 6.07) is 17.8. The van der Waals surface area contributed by atoms with Gasteiger partial charge in [0.05, 0.1) is 0 Å². The Labute approximate surface area is 130 Å². The minimum absolute atomic E-state index is 0.452. The highest BCUT2D eigenvalue weighted by Gasteiger charge is 2.34. The van der Waals surface area contributed by atoms with E-state index in [0.29, 0.717) is 12.0 Å². The Kier molecular flexibility index (Phi) is 3.46. The van der Waals surface area contributed by atoms with E-state index in [-0.39, 0.29) is 0 Å². The molecule has 2 nitrogen and oxygen atoms in total. The monoisotopic (exact) mass is 298 g/mol. The second-order valence-electron chi connectivity index (χ2n) is 5.95. The van der Waals surface area contributed by atoms with Gasteiger partial charge < -0.3 is 5.32 Å². The van der Waals surface area contributed by atoms with E-state index in [4.69, 9.17) is 11.6 Å². The van der Waals surface area contributed by atoms with Gasteiger partial charge in [-0.1, -0.05) is 48.0 Å². The number of fused-ring (bicyclic) bond motifs is 3. The van der Waals surface area contributed by atoms with Crippen molar-refractivity contribution in [1.82, 2.24) is 10.2 Å². The van der Waals surface area contributed by atoms with Gasteiger partial charge in [-0.05, 0) is 28.8 Å². The molecule has 0 aliphatic carbocycles. The van der Waals surface area contributed by atoms with Crippen LogP contribution in [-0.4, -0.2) is 31.1 Å². The second-order valence-corrected chi connectivity index (χ2v) is 6.38. The topological polar surface area (TPSA) is 15.3 Å². The molecule has 2 atom stereocenters. The van der Waals surface area contributed by atoms with Gasteiger partial charge in [0.2, 0.25) is 0 Å². The Morgan fingerprint density at radius 3 is 2.57 bits per heavy atom. The number of nitrogens with zero attached hydrogens (tertiary/aromatic N) is 1. The lowest BCUT2D eigenvalue weighted by Gasteiger charge is -2.44. The zero-order valence-electron chi connectivity index (χ0n) is 11.9. The molecule has 21 heavy (non-hydrogen) atoms. The summed E-state index contributed by atoms with van der Waals surface area (Å²) in [7, 11) is 0. The van der Waals surface area contributed by atoms with Crippen molar-refractivity contribution >= 4 is 11.6 Å². The summed E-state index contributed by atoms with van der Waals surface area (Å²) in [6.45, 7) is 4.38. The van der Waals surface area contributed by atoms with Gasteiger partial charge in [0.1, 0.15) is 0 Å². The number of rotatable bonds is 1. The van der Waals surface area contributed by atoms with Crippen molar-refractivity contribution in [2.45, 2.75) is 12.0 Å². The molecule has 0 bridgehead atoms. The summed E-state index contributed by atoms with van der Waals surface area (Å²) < 4.78 is 0. The zero-order valence-corrected chi connectivity index (χ0v) is 12.7. The molecule has 2 aliphatic rings. The fraction of sp³-hybridized carbons (Fsp3) is 0.333. The molecular formula is C18H19ClN2. The van der Waals surface area contributed by atoms with E-state index in [9.17, 15) is 0 Å². The summed E-state index contributed by atoms with van der Waals surface area (Å²) in [4.78, 5) is 2.62. The number of nitrogens with one attached hydrogen (secondary N) is 1. The van der Waals surface area contributed by atoms with Gasteiger partial charge in [0.15, 0.2) is 0 Å². The van der Waals surface area contributed by atoms with Crippen molar-refractivity contribution in [1.29, 1.82) is 0 Å². The first-order chi connectivity index (χ1) is 10.3. The Morgan fingerprint density at radius 2 is 1.76 bits per heavy atom. The Morgan fingerprint density at radius 1 is 1.00 bits per heavy atom. The maximum absolute atomic E-state index is 6.04. The Bertz CT molecular complexity index is 638. The largest absolute Gasteiger partial charge is 0.314 e. The second kappa shape index (κ2) is 5.45. The molecule has 2 aromatic rings.